The van der Waals surface area contributed by atoms with Crippen LogP contribution in [-0.2, 0) is 14.8 Å². The number of aliphatic hydroxyl groups is 2. The third-order valence-corrected chi connectivity index (χ3v) is 6.35. The third kappa shape index (κ3) is 4.72. The molecular formula is C22H26N2O5S. The molecule has 1 unspecified atom stereocenters. The topological polar surface area (TPSA) is 116 Å². The molecule has 0 radical (unpaired) electrons. The van der Waals surface area contributed by atoms with E-state index in [0.29, 0.717) is 5.69 Å². The van der Waals surface area contributed by atoms with Gasteiger partial charge in [-0.2, -0.15) is 0 Å². The molecule has 3 rings (SSSR count). The van der Waals surface area contributed by atoms with E-state index in [1.165, 1.54) is 0 Å². The van der Waals surface area contributed by atoms with E-state index in [0.717, 1.165) is 21.5 Å². The first kappa shape index (κ1) is 22.0. The van der Waals surface area contributed by atoms with E-state index >= 15 is 0 Å². The zero-order valence-corrected chi connectivity index (χ0v) is 17.7. The second-order valence-electron chi connectivity index (χ2n) is 7.96. The van der Waals surface area contributed by atoms with Crippen LogP contribution in [0.5, 0.6) is 0 Å². The third-order valence-electron chi connectivity index (χ3n) is 5.09. The van der Waals surface area contributed by atoms with Crippen LogP contribution in [0.4, 0.5) is 5.69 Å². The SMILES string of the molecule is CC(C)(CO)C(O)C(=O)NCCS(=O)(=O)Nc1c2ccccc2cc2ccccc12. The maximum atomic E-state index is 12.7. The minimum Gasteiger partial charge on any atom is -0.396 e. The maximum Gasteiger partial charge on any atom is 0.249 e. The first-order valence-corrected chi connectivity index (χ1v) is 11.3. The molecule has 0 aliphatic carbocycles. The molecule has 8 heteroatoms. The van der Waals surface area contributed by atoms with Gasteiger partial charge in [-0.05, 0) is 16.8 Å². The number of nitrogens with one attached hydrogen (secondary N) is 2. The van der Waals surface area contributed by atoms with E-state index in [2.05, 4.69) is 10.0 Å². The van der Waals surface area contributed by atoms with Crippen molar-refractivity contribution >= 4 is 43.2 Å². The van der Waals surface area contributed by atoms with Crippen molar-refractivity contribution in [1.82, 2.24) is 5.32 Å². The first-order valence-electron chi connectivity index (χ1n) is 9.62. The van der Waals surface area contributed by atoms with Crippen molar-refractivity contribution in [3.05, 3.63) is 54.6 Å². The molecule has 30 heavy (non-hydrogen) atoms. The van der Waals surface area contributed by atoms with Crippen LogP contribution in [0.2, 0.25) is 0 Å². The smallest absolute Gasteiger partial charge is 0.249 e. The summed E-state index contributed by atoms with van der Waals surface area (Å²) in [5.74, 6) is -1.08. The Balaban J connectivity index is 1.79. The average molecular weight is 431 g/mol. The van der Waals surface area contributed by atoms with Gasteiger partial charge in [0.25, 0.3) is 0 Å². The van der Waals surface area contributed by atoms with Gasteiger partial charge >= 0.3 is 0 Å². The minimum atomic E-state index is -3.78. The Morgan fingerprint density at radius 1 is 1.03 bits per heavy atom. The van der Waals surface area contributed by atoms with Crippen molar-refractivity contribution in [2.45, 2.75) is 20.0 Å². The van der Waals surface area contributed by atoms with E-state index < -0.39 is 27.4 Å². The molecule has 0 saturated heterocycles. The van der Waals surface area contributed by atoms with Crippen molar-refractivity contribution < 1.29 is 23.4 Å². The summed E-state index contributed by atoms with van der Waals surface area (Å²) in [5.41, 5.74) is -0.528. The van der Waals surface area contributed by atoms with Gasteiger partial charge in [-0.25, -0.2) is 8.42 Å². The number of sulfonamides is 1. The van der Waals surface area contributed by atoms with E-state index in [1.807, 2.05) is 54.6 Å². The Hall–Kier alpha value is -2.68. The molecule has 1 atom stereocenters. The highest BCUT2D eigenvalue weighted by molar-refractivity contribution is 7.92. The van der Waals surface area contributed by atoms with Crippen LogP contribution in [0.15, 0.2) is 54.6 Å². The standard InChI is InChI=1S/C22H26N2O5S/c1-22(2,14-25)20(26)21(27)23-11-12-30(28,29)24-19-17-9-5-3-7-15(17)13-16-8-4-6-10-18(16)19/h3-10,13,20,24-26H,11-12,14H2,1-2H3,(H,23,27). The fraction of sp³-hybridized carbons (Fsp3) is 0.318. The minimum absolute atomic E-state index is 0.171. The summed E-state index contributed by atoms with van der Waals surface area (Å²) >= 11 is 0. The van der Waals surface area contributed by atoms with Crippen LogP contribution in [0.25, 0.3) is 21.5 Å². The van der Waals surface area contributed by atoms with Gasteiger partial charge in [-0.3, -0.25) is 9.52 Å². The highest BCUT2D eigenvalue weighted by Gasteiger charge is 2.32. The van der Waals surface area contributed by atoms with Crippen molar-refractivity contribution in [2.24, 2.45) is 5.41 Å². The molecule has 0 saturated carbocycles. The predicted octanol–water partition coefficient (Wildman–Crippen LogP) is 2.23. The fourth-order valence-corrected chi connectivity index (χ4v) is 4.18. The number of amides is 1. The van der Waals surface area contributed by atoms with Crippen molar-refractivity contribution in [1.29, 1.82) is 0 Å². The number of carbonyl (C=O) groups is 1. The Bertz CT molecular complexity index is 1120. The quantitative estimate of drug-likeness (QED) is 0.409. The number of aliphatic hydroxyl groups excluding tert-OH is 2. The average Bonchev–Trinajstić information content (AvgIpc) is 2.72. The molecule has 0 fully saturated rings. The molecule has 0 aliphatic rings. The number of fused-ring (bicyclic) bond motifs is 2. The van der Waals surface area contributed by atoms with Gasteiger partial charge in [-0.15, -0.1) is 0 Å². The molecule has 160 valence electrons. The van der Waals surface area contributed by atoms with E-state index in [4.69, 9.17) is 0 Å². The van der Waals surface area contributed by atoms with E-state index in [1.54, 1.807) is 13.8 Å². The zero-order chi connectivity index (χ0) is 21.9. The molecule has 0 heterocycles. The Morgan fingerprint density at radius 3 is 2.10 bits per heavy atom. The largest absolute Gasteiger partial charge is 0.396 e. The fourth-order valence-electron chi connectivity index (χ4n) is 3.18. The second-order valence-corrected chi connectivity index (χ2v) is 9.80. The summed E-state index contributed by atoms with van der Waals surface area (Å²) in [6, 6.07) is 17.0. The van der Waals surface area contributed by atoms with E-state index in [-0.39, 0.29) is 18.9 Å². The van der Waals surface area contributed by atoms with Crippen LogP contribution in [-0.4, -0.2) is 49.5 Å². The maximum absolute atomic E-state index is 12.7. The molecule has 0 bridgehead atoms. The predicted molar refractivity (Wildman–Crippen MR) is 119 cm³/mol. The number of rotatable bonds is 8. The number of anilines is 1. The number of benzene rings is 3. The second kappa shape index (κ2) is 8.59. The summed E-state index contributed by atoms with van der Waals surface area (Å²) in [7, 11) is -3.78. The molecule has 4 N–H and O–H groups in total. The van der Waals surface area contributed by atoms with Crippen LogP contribution in [0, 0.1) is 5.41 Å². The summed E-state index contributed by atoms with van der Waals surface area (Å²) in [6.07, 6.45) is -1.44. The summed E-state index contributed by atoms with van der Waals surface area (Å²) in [4.78, 5) is 12.1. The van der Waals surface area contributed by atoms with Gasteiger partial charge in [0.2, 0.25) is 15.9 Å². The molecule has 7 nitrogen and oxygen atoms in total. The molecule has 0 aromatic heterocycles. The highest BCUT2D eigenvalue weighted by atomic mass is 32.2. The normalized spacial score (nSPS) is 13.3. The van der Waals surface area contributed by atoms with Gasteiger partial charge < -0.3 is 15.5 Å². The first-order chi connectivity index (χ1) is 14.1. The van der Waals surface area contributed by atoms with Gasteiger partial charge in [0.15, 0.2) is 0 Å². The lowest BCUT2D eigenvalue weighted by atomic mass is 9.87. The Morgan fingerprint density at radius 2 is 1.57 bits per heavy atom. The van der Waals surface area contributed by atoms with Crippen LogP contribution in [0.3, 0.4) is 0 Å². The van der Waals surface area contributed by atoms with Crippen LogP contribution in [0.1, 0.15) is 13.8 Å². The number of carbonyl (C=O) groups excluding carboxylic acids is 1. The van der Waals surface area contributed by atoms with Crippen molar-refractivity contribution in [3.63, 3.8) is 0 Å². The lowest BCUT2D eigenvalue weighted by Crippen LogP contribution is -2.46. The lowest BCUT2D eigenvalue weighted by Gasteiger charge is -2.27. The Kier molecular flexibility index (Phi) is 6.30. The van der Waals surface area contributed by atoms with E-state index in [9.17, 15) is 23.4 Å². The monoisotopic (exact) mass is 430 g/mol. The zero-order valence-electron chi connectivity index (χ0n) is 16.9. The summed E-state index contributed by atoms with van der Waals surface area (Å²) < 4.78 is 28.1. The summed E-state index contributed by atoms with van der Waals surface area (Å²) in [5, 5.41) is 25.1. The molecule has 1 amide bonds. The van der Waals surface area contributed by atoms with Crippen molar-refractivity contribution in [3.8, 4) is 0 Å². The van der Waals surface area contributed by atoms with Crippen LogP contribution < -0.4 is 10.0 Å². The molecule has 3 aromatic carbocycles. The molecule has 3 aromatic rings. The molecule has 0 spiro atoms. The van der Waals surface area contributed by atoms with Crippen LogP contribution >= 0.6 is 0 Å². The number of hydrogen-bond donors (Lipinski definition) is 4. The van der Waals surface area contributed by atoms with Gasteiger partial charge in [0.1, 0.15) is 6.10 Å². The molecular weight excluding hydrogens is 404 g/mol. The molecule has 0 aliphatic heterocycles. The lowest BCUT2D eigenvalue weighted by molar-refractivity contribution is -0.136. The van der Waals surface area contributed by atoms with Gasteiger partial charge in [-0.1, -0.05) is 62.4 Å². The van der Waals surface area contributed by atoms with Gasteiger partial charge in [0.05, 0.1) is 18.0 Å². The van der Waals surface area contributed by atoms with Crippen molar-refractivity contribution in [2.75, 3.05) is 23.6 Å². The summed E-state index contributed by atoms with van der Waals surface area (Å²) in [6.45, 7) is 2.54. The van der Waals surface area contributed by atoms with Gasteiger partial charge in [0, 0.05) is 22.7 Å². The highest BCUT2D eigenvalue weighted by Crippen LogP contribution is 2.33. The number of hydrogen-bond acceptors (Lipinski definition) is 5. The Labute approximate surface area is 175 Å².